The summed E-state index contributed by atoms with van der Waals surface area (Å²) in [7, 11) is 0. The minimum absolute atomic E-state index is 0.129. The molecular weight excluding hydrogens is 290 g/mol. The van der Waals surface area contributed by atoms with Gasteiger partial charge in [-0.25, -0.2) is 0 Å². The van der Waals surface area contributed by atoms with Gasteiger partial charge in [-0.3, -0.25) is 20.0 Å². The van der Waals surface area contributed by atoms with E-state index in [9.17, 15) is 9.59 Å². The third-order valence-electron chi connectivity index (χ3n) is 3.18. The van der Waals surface area contributed by atoms with Gasteiger partial charge in [0.05, 0.1) is 0 Å². The number of ketones is 1. The van der Waals surface area contributed by atoms with Crippen LogP contribution in [0.25, 0.3) is 0 Å². The summed E-state index contributed by atoms with van der Waals surface area (Å²) in [6.07, 6.45) is 5.59. The molecule has 0 aliphatic heterocycles. The SMILES string of the molecule is C/C(=C\C(=O)c1cccnc1)NNC(=O)CCc1ccccc1. The van der Waals surface area contributed by atoms with Crippen LogP contribution in [-0.4, -0.2) is 16.7 Å². The summed E-state index contributed by atoms with van der Waals surface area (Å²) in [6.45, 7) is 1.71. The highest BCUT2D eigenvalue weighted by Gasteiger charge is 2.04. The molecule has 0 radical (unpaired) electrons. The maximum absolute atomic E-state index is 11.9. The number of allylic oxidation sites excluding steroid dienone is 2. The van der Waals surface area contributed by atoms with E-state index in [1.165, 1.54) is 12.3 Å². The lowest BCUT2D eigenvalue weighted by Gasteiger charge is -2.08. The van der Waals surface area contributed by atoms with Crippen LogP contribution in [0.5, 0.6) is 0 Å². The number of aryl methyl sites for hydroxylation is 1. The van der Waals surface area contributed by atoms with Gasteiger partial charge in [0.1, 0.15) is 0 Å². The Balaban J connectivity index is 1.77. The number of hydrogen-bond donors (Lipinski definition) is 2. The predicted octanol–water partition coefficient (Wildman–Crippen LogP) is 2.42. The molecule has 2 N–H and O–H groups in total. The molecule has 0 unspecified atom stereocenters. The minimum atomic E-state index is -0.165. The van der Waals surface area contributed by atoms with Crippen LogP contribution in [0.15, 0.2) is 66.6 Å². The van der Waals surface area contributed by atoms with Gasteiger partial charge in [0.2, 0.25) is 5.91 Å². The summed E-state index contributed by atoms with van der Waals surface area (Å²) in [5, 5.41) is 0. The summed E-state index contributed by atoms with van der Waals surface area (Å²) < 4.78 is 0. The minimum Gasteiger partial charge on any atom is -0.303 e. The first kappa shape index (κ1) is 16.4. The van der Waals surface area contributed by atoms with Crippen molar-refractivity contribution in [2.24, 2.45) is 0 Å². The first-order valence-electron chi connectivity index (χ1n) is 7.36. The second-order valence-electron chi connectivity index (χ2n) is 5.09. The number of amides is 1. The summed E-state index contributed by atoms with van der Waals surface area (Å²) in [4.78, 5) is 27.6. The van der Waals surface area contributed by atoms with E-state index in [0.29, 0.717) is 24.1 Å². The zero-order valence-electron chi connectivity index (χ0n) is 13.0. The van der Waals surface area contributed by atoms with E-state index in [2.05, 4.69) is 15.8 Å². The van der Waals surface area contributed by atoms with E-state index in [1.54, 1.807) is 25.3 Å². The number of pyridine rings is 1. The van der Waals surface area contributed by atoms with Gasteiger partial charge in [0.15, 0.2) is 5.78 Å². The number of hydrogen-bond acceptors (Lipinski definition) is 4. The Bertz CT molecular complexity index is 682. The van der Waals surface area contributed by atoms with Crippen molar-refractivity contribution in [3.8, 4) is 0 Å². The van der Waals surface area contributed by atoms with Gasteiger partial charge in [0.25, 0.3) is 0 Å². The molecule has 0 atom stereocenters. The van der Waals surface area contributed by atoms with Crippen LogP contribution in [0, 0.1) is 0 Å². The molecule has 5 heteroatoms. The van der Waals surface area contributed by atoms with Crippen molar-refractivity contribution < 1.29 is 9.59 Å². The van der Waals surface area contributed by atoms with Crippen molar-refractivity contribution in [3.63, 3.8) is 0 Å². The lowest BCUT2D eigenvalue weighted by Crippen LogP contribution is -2.36. The molecule has 2 aromatic rings. The summed E-state index contributed by atoms with van der Waals surface area (Å²) in [5.41, 5.74) is 7.50. The van der Waals surface area contributed by atoms with Crippen LogP contribution in [-0.2, 0) is 11.2 Å². The van der Waals surface area contributed by atoms with E-state index in [-0.39, 0.29) is 11.7 Å². The highest BCUT2D eigenvalue weighted by Crippen LogP contribution is 2.02. The van der Waals surface area contributed by atoms with Gasteiger partial charge < -0.3 is 5.43 Å². The molecule has 1 heterocycles. The quantitative estimate of drug-likeness (QED) is 0.468. The van der Waals surface area contributed by atoms with Gasteiger partial charge in [-0.15, -0.1) is 0 Å². The fraction of sp³-hybridized carbons (Fsp3) is 0.167. The lowest BCUT2D eigenvalue weighted by atomic mass is 10.1. The number of nitrogens with zero attached hydrogens (tertiary/aromatic N) is 1. The Labute approximate surface area is 135 Å². The van der Waals surface area contributed by atoms with Gasteiger partial charge in [-0.05, 0) is 31.0 Å². The highest BCUT2D eigenvalue weighted by atomic mass is 16.2. The average molecular weight is 309 g/mol. The van der Waals surface area contributed by atoms with E-state index in [1.807, 2.05) is 30.3 Å². The molecule has 0 aliphatic rings. The molecule has 5 nitrogen and oxygen atoms in total. The molecular formula is C18H19N3O2. The second-order valence-corrected chi connectivity index (χ2v) is 5.09. The third-order valence-corrected chi connectivity index (χ3v) is 3.18. The molecule has 118 valence electrons. The van der Waals surface area contributed by atoms with E-state index in [4.69, 9.17) is 0 Å². The van der Waals surface area contributed by atoms with Crippen molar-refractivity contribution >= 4 is 11.7 Å². The van der Waals surface area contributed by atoms with Crippen molar-refractivity contribution in [2.45, 2.75) is 19.8 Å². The van der Waals surface area contributed by atoms with Gasteiger partial charge in [-0.1, -0.05) is 30.3 Å². The van der Waals surface area contributed by atoms with E-state index in [0.717, 1.165) is 5.56 Å². The Kier molecular flexibility index (Phi) is 6.06. The van der Waals surface area contributed by atoms with Crippen LogP contribution in [0.4, 0.5) is 0 Å². The molecule has 0 saturated carbocycles. The summed E-state index contributed by atoms with van der Waals surface area (Å²) in [6, 6.07) is 13.2. The first-order valence-corrected chi connectivity index (χ1v) is 7.36. The van der Waals surface area contributed by atoms with Crippen LogP contribution in [0.3, 0.4) is 0 Å². The average Bonchev–Trinajstić information content (AvgIpc) is 2.60. The number of nitrogens with one attached hydrogen (secondary N) is 2. The van der Waals surface area contributed by atoms with Crippen molar-refractivity contribution in [2.75, 3.05) is 0 Å². The maximum atomic E-state index is 11.9. The van der Waals surface area contributed by atoms with Gasteiger partial charge in [-0.2, -0.15) is 0 Å². The molecule has 0 spiro atoms. The number of benzene rings is 1. The van der Waals surface area contributed by atoms with Crippen molar-refractivity contribution in [1.82, 2.24) is 15.8 Å². The van der Waals surface area contributed by atoms with E-state index < -0.39 is 0 Å². The molecule has 2 rings (SSSR count). The summed E-state index contributed by atoms with van der Waals surface area (Å²) >= 11 is 0. The van der Waals surface area contributed by atoms with E-state index >= 15 is 0 Å². The molecule has 23 heavy (non-hydrogen) atoms. The largest absolute Gasteiger partial charge is 0.303 e. The summed E-state index contributed by atoms with van der Waals surface area (Å²) in [5.74, 6) is -0.294. The Morgan fingerprint density at radius 1 is 1.09 bits per heavy atom. The van der Waals surface area contributed by atoms with Gasteiger partial charge in [0, 0.05) is 36.2 Å². The number of hydrazine groups is 1. The van der Waals surface area contributed by atoms with Crippen LogP contribution < -0.4 is 10.9 Å². The maximum Gasteiger partial charge on any atom is 0.238 e. The topological polar surface area (TPSA) is 71.1 Å². The molecule has 0 aliphatic carbocycles. The molecule has 0 bridgehead atoms. The third kappa shape index (κ3) is 5.74. The standard InChI is InChI=1S/C18H19N3O2/c1-14(12-17(22)16-8-5-11-19-13-16)20-21-18(23)10-9-15-6-3-2-4-7-15/h2-8,11-13,20H,9-10H2,1H3,(H,21,23)/b14-12+. The zero-order chi connectivity index (χ0) is 16.5. The number of rotatable bonds is 7. The smallest absolute Gasteiger partial charge is 0.238 e. The molecule has 1 amide bonds. The monoisotopic (exact) mass is 309 g/mol. The number of aromatic nitrogens is 1. The molecule has 1 aromatic carbocycles. The fourth-order valence-electron chi connectivity index (χ4n) is 1.96. The number of carbonyl (C=O) groups excluding carboxylic acids is 2. The van der Waals surface area contributed by atoms with Gasteiger partial charge >= 0.3 is 0 Å². The van der Waals surface area contributed by atoms with Crippen LogP contribution in [0.2, 0.25) is 0 Å². The lowest BCUT2D eigenvalue weighted by molar-refractivity contribution is -0.121. The molecule has 0 fully saturated rings. The normalized spacial score (nSPS) is 10.9. The predicted molar refractivity (Wildman–Crippen MR) is 88.4 cm³/mol. The molecule has 0 saturated heterocycles. The highest BCUT2D eigenvalue weighted by molar-refractivity contribution is 6.04. The number of carbonyl (C=O) groups is 2. The molecule has 1 aromatic heterocycles. The fourth-order valence-corrected chi connectivity index (χ4v) is 1.96. The Morgan fingerprint density at radius 3 is 2.57 bits per heavy atom. The first-order chi connectivity index (χ1) is 11.1. The zero-order valence-corrected chi connectivity index (χ0v) is 13.0. The Hall–Kier alpha value is -2.95. The second kappa shape index (κ2) is 8.48. The van der Waals surface area contributed by atoms with Crippen molar-refractivity contribution in [3.05, 3.63) is 77.8 Å². The Morgan fingerprint density at radius 2 is 1.87 bits per heavy atom. The van der Waals surface area contributed by atoms with Crippen molar-refractivity contribution in [1.29, 1.82) is 0 Å². The van der Waals surface area contributed by atoms with Crippen LogP contribution in [0.1, 0.15) is 29.3 Å². The van der Waals surface area contributed by atoms with Crippen LogP contribution >= 0.6 is 0 Å².